The van der Waals surface area contributed by atoms with E-state index in [1.807, 2.05) is 0 Å². The van der Waals surface area contributed by atoms with Crippen molar-refractivity contribution in [2.75, 3.05) is 19.4 Å². The molecule has 1 aromatic rings. The third kappa shape index (κ3) is 8.12. The fourth-order valence-corrected chi connectivity index (χ4v) is 3.17. The maximum atomic E-state index is 12.2. The average molecular weight is 370 g/mol. The second-order valence-corrected chi connectivity index (χ2v) is 7.92. The van der Waals surface area contributed by atoms with Gasteiger partial charge in [-0.05, 0) is 19.1 Å². The number of carbonyl (C=O) groups is 2. The Balaban J connectivity index is 2.27. The molecular formula is C17H23O7P. The Morgan fingerprint density at radius 1 is 1.24 bits per heavy atom. The maximum Gasteiger partial charge on any atom is 0.333 e. The monoisotopic (exact) mass is 370 g/mol. The molecule has 138 valence electrons. The lowest BCUT2D eigenvalue weighted by Gasteiger charge is -2.13. The number of hydrogen-bond acceptors (Lipinski definition) is 6. The van der Waals surface area contributed by atoms with Crippen molar-refractivity contribution in [1.82, 2.24) is 0 Å². The molecule has 0 aliphatic heterocycles. The smallest absolute Gasteiger partial charge is 0.333 e. The largest absolute Gasteiger partial charge is 0.463 e. The number of ether oxygens (including phenoxy) is 2. The zero-order chi connectivity index (χ0) is 18.9. The van der Waals surface area contributed by atoms with E-state index >= 15 is 0 Å². The van der Waals surface area contributed by atoms with Crippen molar-refractivity contribution >= 4 is 24.6 Å². The van der Waals surface area contributed by atoms with Crippen LogP contribution < -0.4 is 5.30 Å². The fourth-order valence-electron chi connectivity index (χ4n) is 1.79. The summed E-state index contributed by atoms with van der Waals surface area (Å²) >= 11 is 0. The summed E-state index contributed by atoms with van der Waals surface area (Å²) in [5.41, 5.74) is 0.257. The highest BCUT2D eigenvalue weighted by Crippen LogP contribution is 2.39. The summed E-state index contributed by atoms with van der Waals surface area (Å²) in [6.45, 7) is 4.64. The van der Waals surface area contributed by atoms with Crippen molar-refractivity contribution in [3.63, 3.8) is 0 Å². The Kier molecular flexibility index (Phi) is 8.55. The Morgan fingerprint density at radius 3 is 2.48 bits per heavy atom. The van der Waals surface area contributed by atoms with Crippen LogP contribution in [0.1, 0.15) is 19.8 Å². The summed E-state index contributed by atoms with van der Waals surface area (Å²) in [4.78, 5) is 32.7. The second-order valence-electron chi connectivity index (χ2n) is 5.55. The molecule has 1 aromatic carbocycles. The van der Waals surface area contributed by atoms with Gasteiger partial charge in [0, 0.05) is 23.5 Å². The third-order valence-electron chi connectivity index (χ3n) is 3.25. The molecule has 0 aliphatic rings. The van der Waals surface area contributed by atoms with Gasteiger partial charge in [-0.3, -0.25) is 9.36 Å². The van der Waals surface area contributed by atoms with Crippen LogP contribution in [0.2, 0.25) is 0 Å². The minimum absolute atomic E-state index is 0.0236. The zero-order valence-electron chi connectivity index (χ0n) is 14.1. The third-order valence-corrected chi connectivity index (χ3v) is 5.18. The normalized spacial score (nSPS) is 14.2. The Morgan fingerprint density at radius 2 is 1.88 bits per heavy atom. The lowest BCUT2D eigenvalue weighted by molar-refractivity contribution is -0.147. The second kappa shape index (κ2) is 10.1. The molecule has 0 heterocycles. The van der Waals surface area contributed by atoms with Gasteiger partial charge in [0.1, 0.15) is 6.61 Å². The molecule has 0 fully saturated rings. The van der Waals surface area contributed by atoms with E-state index in [1.54, 1.807) is 18.2 Å². The number of rotatable bonds is 10. The van der Waals surface area contributed by atoms with E-state index in [1.165, 1.54) is 19.1 Å². The molecule has 0 bridgehead atoms. The molecule has 7 nitrogen and oxygen atoms in total. The van der Waals surface area contributed by atoms with Gasteiger partial charge in [0.25, 0.3) is 0 Å². The minimum atomic E-state index is -3.61. The summed E-state index contributed by atoms with van der Waals surface area (Å²) < 4.78 is 21.8. The standard InChI is InChI=1S/C17H23O7P/c1-13(2)17(20)23-10-8-14(18)12-24-16(19)9-11-25(21,22)15-6-4-3-5-7-15/h3-7,14,18H,1,8-12H2,2H3,(H,21,22). The molecule has 0 aromatic heterocycles. The van der Waals surface area contributed by atoms with Gasteiger partial charge < -0.3 is 19.5 Å². The van der Waals surface area contributed by atoms with Crippen molar-refractivity contribution < 1.29 is 33.6 Å². The first-order valence-electron chi connectivity index (χ1n) is 7.76. The number of carbonyl (C=O) groups excluding carboxylic acids is 2. The summed E-state index contributed by atoms with van der Waals surface area (Å²) in [6, 6.07) is 8.08. The molecule has 1 rings (SSSR count). The summed E-state index contributed by atoms with van der Waals surface area (Å²) in [7, 11) is -3.61. The van der Waals surface area contributed by atoms with Gasteiger partial charge in [0.2, 0.25) is 7.37 Å². The summed E-state index contributed by atoms with van der Waals surface area (Å²) in [5.74, 6) is -1.23. The molecule has 0 aliphatic carbocycles. The van der Waals surface area contributed by atoms with Crippen LogP contribution in [-0.4, -0.2) is 47.4 Å². The number of aliphatic hydroxyl groups is 1. The average Bonchev–Trinajstić information content (AvgIpc) is 2.58. The minimum Gasteiger partial charge on any atom is -0.463 e. The van der Waals surface area contributed by atoms with Crippen LogP contribution in [0.3, 0.4) is 0 Å². The quantitative estimate of drug-likeness (QED) is 0.364. The Hall–Kier alpha value is -1.95. The maximum absolute atomic E-state index is 12.2. The number of aliphatic hydroxyl groups excluding tert-OH is 1. The van der Waals surface area contributed by atoms with Gasteiger partial charge >= 0.3 is 11.9 Å². The summed E-state index contributed by atoms with van der Waals surface area (Å²) in [5, 5.41) is 9.94. The first-order chi connectivity index (χ1) is 11.7. The number of esters is 2. The Bertz CT molecular complexity index is 642. The Labute approximate surface area is 146 Å². The fraction of sp³-hybridized carbons (Fsp3) is 0.412. The van der Waals surface area contributed by atoms with Crippen molar-refractivity contribution in [1.29, 1.82) is 0 Å². The highest BCUT2D eigenvalue weighted by Gasteiger charge is 2.22. The van der Waals surface area contributed by atoms with E-state index in [0.717, 1.165) is 0 Å². The van der Waals surface area contributed by atoms with E-state index in [-0.39, 0.29) is 43.1 Å². The highest BCUT2D eigenvalue weighted by molar-refractivity contribution is 7.66. The van der Waals surface area contributed by atoms with Crippen molar-refractivity contribution in [3.8, 4) is 0 Å². The van der Waals surface area contributed by atoms with E-state index in [4.69, 9.17) is 9.47 Å². The van der Waals surface area contributed by atoms with Crippen molar-refractivity contribution in [3.05, 3.63) is 42.5 Å². The predicted octanol–water partition coefficient (Wildman–Crippen LogP) is 1.39. The van der Waals surface area contributed by atoms with E-state index in [0.29, 0.717) is 0 Å². The van der Waals surface area contributed by atoms with Gasteiger partial charge in [-0.25, -0.2) is 4.79 Å². The van der Waals surface area contributed by atoms with Crippen LogP contribution in [0, 0.1) is 0 Å². The van der Waals surface area contributed by atoms with Gasteiger partial charge in [-0.2, -0.15) is 0 Å². The molecule has 0 saturated heterocycles. The van der Waals surface area contributed by atoms with Gasteiger partial charge in [-0.1, -0.05) is 24.8 Å². The van der Waals surface area contributed by atoms with Crippen LogP contribution in [-0.2, 0) is 23.6 Å². The first-order valence-corrected chi connectivity index (χ1v) is 9.60. The van der Waals surface area contributed by atoms with Gasteiger partial charge in [-0.15, -0.1) is 0 Å². The zero-order valence-corrected chi connectivity index (χ0v) is 15.0. The van der Waals surface area contributed by atoms with Crippen LogP contribution >= 0.6 is 7.37 Å². The van der Waals surface area contributed by atoms with E-state index in [2.05, 4.69) is 6.58 Å². The van der Waals surface area contributed by atoms with E-state index in [9.17, 15) is 24.2 Å². The van der Waals surface area contributed by atoms with Gasteiger partial charge in [0.15, 0.2) is 0 Å². The number of hydrogen-bond donors (Lipinski definition) is 2. The number of benzene rings is 1. The van der Waals surface area contributed by atoms with Crippen LogP contribution in [0.15, 0.2) is 42.5 Å². The highest BCUT2D eigenvalue weighted by atomic mass is 31.2. The molecule has 8 heteroatoms. The lowest BCUT2D eigenvalue weighted by Crippen LogP contribution is -2.22. The van der Waals surface area contributed by atoms with Gasteiger partial charge in [0.05, 0.1) is 19.1 Å². The SMILES string of the molecule is C=C(C)C(=O)OCCC(O)COC(=O)CCP(=O)(O)c1ccccc1. The van der Waals surface area contributed by atoms with E-state index < -0.39 is 25.4 Å². The van der Waals surface area contributed by atoms with Crippen molar-refractivity contribution in [2.24, 2.45) is 0 Å². The van der Waals surface area contributed by atoms with Crippen LogP contribution in [0.5, 0.6) is 0 Å². The summed E-state index contributed by atoms with van der Waals surface area (Å²) in [6.07, 6.45) is -1.35. The van der Waals surface area contributed by atoms with Crippen molar-refractivity contribution in [2.45, 2.75) is 25.9 Å². The molecular weight excluding hydrogens is 347 g/mol. The molecule has 0 amide bonds. The molecule has 2 unspecified atom stereocenters. The molecule has 0 radical (unpaired) electrons. The molecule has 0 saturated carbocycles. The molecule has 25 heavy (non-hydrogen) atoms. The van der Waals surface area contributed by atoms with Crippen LogP contribution in [0.25, 0.3) is 0 Å². The molecule has 2 atom stereocenters. The molecule has 0 spiro atoms. The molecule has 2 N–H and O–H groups in total. The topological polar surface area (TPSA) is 110 Å². The predicted molar refractivity (Wildman–Crippen MR) is 92.7 cm³/mol. The van der Waals surface area contributed by atoms with Crippen LogP contribution in [0.4, 0.5) is 0 Å². The lowest BCUT2D eigenvalue weighted by atomic mass is 10.3. The first kappa shape index (κ1) is 21.1.